The molecule has 1 heterocycles. The lowest BCUT2D eigenvalue weighted by Crippen LogP contribution is -2.48. The summed E-state index contributed by atoms with van der Waals surface area (Å²) in [4.78, 5) is 36.5. The second-order valence-corrected chi connectivity index (χ2v) is 4.52. The summed E-state index contributed by atoms with van der Waals surface area (Å²) in [5.41, 5.74) is 1.40. The number of aliphatic carboxylic acids is 1. The Morgan fingerprint density at radius 3 is 2.67 bits per heavy atom. The zero-order valence-corrected chi connectivity index (χ0v) is 11.1. The van der Waals surface area contributed by atoms with Crippen LogP contribution < -0.4 is 0 Å². The summed E-state index contributed by atoms with van der Waals surface area (Å²) in [6.07, 6.45) is 1.44. The first-order valence-electron chi connectivity index (χ1n) is 6.13. The monoisotopic (exact) mass is 291 g/mol. The highest BCUT2D eigenvalue weighted by Crippen LogP contribution is 2.20. The second kappa shape index (κ2) is 5.61. The number of nitrogens with zero attached hydrogens (tertiary/aromatic N) is 2. The van der Waals surface area contributed by atoms with E-state index in [2.05, 4.69) is 4.98 Å². The standard InChI is InChI=1S/C13H13N3O5/c1-8(17)15(16(20)21)12(13(18)19)6-9-7-14-11-5-3-2-4-10(9)11/h2-5,7,12,14H,6H2,1H3,(H,18,19). The van der Waals surface area contributed by atoms with Crippen LogP contribution in [0.4, 0.5) is 0 Å². The van der Waals surface area contributed by atoms with Gasteiger partial charge in [0.05, 0.1) is 0 Å². The molecule has 0 aliphatic carbocycles. The van der Waals surface area contributed by atoms with Crippen LogP contribution in [0.1, 0.15) is 12.5 Å². The smallest absolute Gasteiger partial charge is 0.333 e. The molecule has 0 bridgehead atoms. The molecule has 0 radical (unpaired) electrons. The minimum atomic E-state index is -1.56. The van der Waals surface area contributed by atoms with E-state index < -0.39 is 23.0 Å². The number of carbonyl (C=O) groups is 2. The van der Waals surface area contributed by atoms with E-state index in [9.17, 15) is 24.8 Å². The number of nitrogens with one attached hydrogen (secondary N) is 1. The number of carboxylic acid groups (broad SMARTS) is 1. The van der Waals surface area contributed by atoms with Crippen molar-refractivity contribution in [1.82, 2.24) is 9.99 Å². The van der Waals surface area contributed by atoms with Crippen LogP contribution in [0.3, 0.4) is 0 Å². The van der Waals surface area contributed by atoms with Crippen molar-refractivity contribution in [3.63, 3.8) is 0 Å². The highest BCUT2D eigenvalue weighted by molar-refractivity contribution is 5.85. The van der Waals surface area contributed by atoms with Gasteiger partial charge in [0.1, 0.15) is 0 Å². The number of rotatable bonds is 5. The SMILES string of the molecule is CC(=O)N(C(Cc1c[nH]c2ccccc12)C(=O)O)[N+](=O)[O-]. The van der Waals surface area contributed by atoms with Crippen molar-refractivity contribution in [1.29, 1.82) is 0 Å². The van der Waals surface area contributed by atoms with Crippen molar-refractivity contribution in [3.05, 3.63) is 46.1 Å². The average molecular weight is 291 g/mol. The topological polar surface area (TPSA) is 117 Å². The fraction of sp³-hybridized carbons (Fsp3) is 0.231. The van der Waals surface area contributed by atoms with E-state index >= 15 is 0 Å². The van der Waals surface area contributed by atoms with E-state index in [1.807, 2.05) is 12.1 Å². The van der Waals surface area contributed by atoms with Crippen LogP contribution in [0.2, 0.25) is 0 Å². The third-order valence-electron chi connectivity index (χ3n) is 3.17. The molecular weight excluding hydrogens is 278 g/mol. The molecule has 8 nitrogen and oxygen atoms in total. The zero-order chi connectivity index (χ0) is 15.6. The molecule has 1 amide bonds. The molecule has 1 atom stereocenters. The van der Waals surface area contributed by atoms with Crippen LogP contribution in [0.5, 0.6) is 0 Å². The van der Waals surface area contributed by atoms with Crippen LogP contribution in [0.25, 0.3) is 10.9 Å². The largest absolute Gasteiger partial charge is 0.480 e. The first-order chi connectivity index (χ1) is 9.91. The molecule has 1 aromatic heterocycles. The van der Waals surface area contributed by atoms with Crippen molar-refractivity contribution in [2.45, 2.75) is 19.4 Å². The van der Waals surface area contributed by atoms with E-state index in [-0.39, 0.29) is 11.4 Å². The quantitative estimate of drug-likeness (QED) is 0.634. The van der Waals surface area contributed by atoms with E-state index in [0.29, 0.717) is 5.56 Å². The van der Waals surface area contributed by atoms with Crippen molar-refractivity contribution in [3.8, 4) is 0 Å². The van der Waals surface area contributed by atoms with Crippen molar-refractivity contribution in [2.75, 3.05) is 0 Å². The molecule has 2 rings (SSSR count). The van der Waals surface area contributed by atoms with Crippen LogP contribution in [-0.4, -0.2) is 38.1 Å². The number of hydrazine groups is 1. The fourth-order valence-electron chi connectivity index (χ4n) is 2.24. The molecule has 2 N–H and O–H groups in total. The first-order valence-corrected chi connectivity index (χ1v) is 6.13. The summed E-state index contributed by atoms with van der Waals surface area (Å²) in [5, 5.41) is 20.0. The number of carbonyl (C=O) groups excluding carboxylic acids is 1. The van der Waals surface area contributed by atoms with Gasteiger partial charge in [0, 0.05) is 30.4 Å². The van der Waals surface area contributed by atoms with E-state index in [4.69, 9.17) is 0 Å². The number of aromatic amines is 1. The van der Waals surface area contributed by atoms with Crippen molar-refractivity contribution >= 4 is 22.8 Å². The predicted molar refractivity (Wildman–Crippen MR) is 72.9 cm³/mol. The predicted octanol–water partition coefficient (Wildman–Crippen LogP) is 1.20. The third kappa shape index (κ3) is 2.83. The molecule has 0 saturated heterocycles. The number of fused-ring (bicyclic) bond motifs is 1. The van der Waals surface area contributed by atoms with E-state index in [1.54, 1.807) is 18.3 Å². The van der Waals surface area contributed by atoms with Crippen LogP contribution in [0.15, 0.2) is 30.5 Å². The summed E-state index contributed by atoms with van der Waals surface area (Å²) in [6, 6.07) is 5.63. The number of amides is 1. The molecule has 8 heteroatoms. The fourth-order valence-corrected chi connectivity index (χ4v) is 2.24. The normalized spacial score (nSPS) is 12.0. The number of aromatic nitrogens is 1. The number of nitro groups is 1. The van der Waals surface area contributed by atoms with Gasteiger partial charge in [0.25, 0.3) is 5.91 Å². The Hall–Kier alpha value is -2.90. The van der Waals surface area contributed by atoms with Crippen LogP contribution >= 0.6 is 0 Å². The molecular formula is C13H13N3O5. The third-order valence-corrected chi connectivity index (χ3v) is 3.17. The summed E-state index contributed by atoms with van der Waals surface area (Å²) in [5.74, 6) is -2.35. The number of para-hydroxylation sites is 1. The number of hydrogen-bond donors (Lipinski definition) is 2. The van der Waals surface area contributed by atoms with E-state index in [0.717, 1.165) is 17.8 Å². The van der Waals surface area contributed by atoms with Gasteiger partial charge in [-0.25, -0.2) is 14.9 Å². The molecule has 0 aliphatic rings. The Kier molecular flexibility index (Phi) is 3.88. The molecule has 110 valence electrons. The summed E-state index contributed by atoms with van der Waals surface area (Å²) in [6.45, 7) is 0.966. The molecule has 0 fully saturated rings. The number of carboxylic acids is 1. The molecule has 0 aliphatic heterocycles. The number of benzene rings is 1. The summed E-state index contributed by atoms with van der Waals surface area (Å²) < 4.78 is 0. The molecule has 0 spiro atoms. The van der Waals surface area contributed by atoms with Crippen LogP contribution in [-0.2, 0) is 16.0 Å². The van der Waals surface area contributed by atoms with Gasteiger partial charge in [-0.1, -0.05) is 18.2 Å². The highest BCUT2D eigenvalue weighted by atomic mass is 16.7. The van der Waals surface area contributed by atoms with Gasteiger partial charge in [-0.3, -0.25) is 4.79 Å². The summed E-state index contributed by atoms with van der Waals surface area (Å²) >= 11 is 0. The van der Waals surface area contributed by atoms with Crippen molar-refractivity contribution in [2.24, 2.45) is 0 Å². The summed E-state index contributed by atoms with van der Waals surface area (Å²) in [7, 11) is 0. The Bertz CT molecular complexity index is 695. The zero-order valence-electron chi connectivity index (χ0n) is 11.1. The van der Waals surface area contributed by atoms with Gasteiger partial charge < -0.3 is 10.1 Å². The lowest BCUT2D eigenvalue weighted by atomic mass is 10.0. The Balaban J connectivity index is 2.38. The Morgan fingerprint density at radius 1 is 1.43 bits per heavy atom. The number of hydrogen-bond acceptors (Lipinski definition) is 4. The average Bonchev–Trinajstić information content (AvgIpc) is 2.80. The van der Waals surface area contributed by atoms with Gasteiger partial charge in [0.2, 0.25) is 0 Å². The molecule has 2 aromatic rings. The maximum Gasteiger partial charge on any atom is 0.333 e. The highest BCUT2D eigenvalue weighted by Gasteiger charge is 2.37. The molecule has 21 heavy (non-hydrogen) atoms. The van der Waals surface area contributed by atoms with Gasteiger partial charge in [-0.15, -0.1) is 0 Å². The van der Waals surface area contributed by atoms with E-state index in [1.165, 1.54) is 0 Å². The maximum atomic E-state index is 11.3. The van der Waals surface area contributed by atoms with Crippen molar-refractivity contribution < 1.29 is 19.7 Å². The minimum absolute atomic E-state index is 0.143. The van der Waals surface area contributed by atoms with Gasteiger partial charge in [-0.05, 0) is 16.6 Å². The maximum absolute atomic E-state index is 11.3. The molecule has 1 unspecified atom stereocenters. The van der Waals surface area contributed by atoms with Gasteiger partial charge in [0.15, 0.2) is 11.1 Å². The van der Waals surface area contributed by atoms with Gasteiger partial charge >= 0.3 is 5.97 Å². The van der Waals surface area contributed by atoms with Crippen LogP contribution in [0, 0.1) is 10.1 Å². The lowest BCUT2D eigenvalue weighted by molar-refractivity contribution is -0.640. The molecule has 1 aromatic carbocycles. The first kappa shape index (κ1) is 14.5. The minimum Gasteiger partial charge on any atom is -0.480 e. The Labute approximate surface area is 119 Å². The lowest BCUT2D eigenvalue weighted by Gasteiger charge is -2.17. The number of H-pyrrole nitrogens is 1. The Morgan fingerprint density at radius 2 is 2.10 bits per heavy atom. The van der Waals surface area contributed by atoms with Gasteiger partial charge in [-0.2, -0.15) is 0 Å². The molecule has 0 saturated carbocycles. The second-order valence-electron chi connectivity index (χ2n) is 4.52.